The smallest absolute Gasteiger partial charge is 0.160 e. The van der Waals surface area contributed by atoms with Crippen LogP contribution >= 0.6 is 0 Å². The van der Waals surface area contributed by atoms with Crippen LogP contribution in [0.15, 0.2) is 36.4 Å². The second kappa shape index (κ2) is 9.32. The van der Waals surface area contributed by atoms with Crippen LogP contribution in [0.3, 0.4) is 0 Å². The number of imidazole rings is 1. The number of hydrogen-bond donors (Lipinski definition) is 1. The monoisotopic (exact) mass is 515 g/mol. The number of ether oxygens (including phenoxy) is 1. The summed E-state index contributed by atoms with van der Waals surface area (Å²) >= 11 is 0. The van der Waals surface area contributed by atoms with Crippen LogP contribution in [0.2, 0.25) is 0 Å². The molecule has 4 aromatic rings. The second-order valence-corrected chi connectivity index (χ2v) is 11.8. The predicted molar refractivity (Wildman–Crippen MR) is 147 cm³/mol. The van der Waals surface area contributed by atoms with Gasteiger partial charge in [0.15, 0.2) is 5.65 Å². The molecule has 0 amide bonds. The number of rotatable bonds is 6. The Hall–Kier alpha value is -3.01. The molecule has 1 saturated carbocycles. The van der Waals surface area contributed by atoms with E-state index in [0.29, 0.717) is 25.0 Å². The van der Waals surface area contributed by atoms with Gasteiger partial charge < -0.3 is 14.7 Å². The first-order chi connectivity index (χ1) is 18.4. The number of morpholine rings is 1. The molecule has 200 valence electrons. The van der Waals surface area contributed by atoms with Crippen LogP contribution < -0.4 is 4.90 Å². The lowest BCUT2D eigenvalue weighted by Crippen LogP contribution is -2.41. The maximum Gasteiger partial charge on any atom is 0.160 e. The predicted octanol–water partition coefficient (Wildman–Crippen LogP) is 3.77. The molecule has 3 fully saturated rings. The molecular formula is C29H37N7O2. The third kappa shape index (κ3) is 4.46. The normalized spacial score (nSPS) is 20.1. The first-order valence-corrected chi connectivity index (χ1v) is 14.1. The van der Waals surface area contributed by atoms with Crippen LogP contribution in [0.5, 0.6) is 0 Å². The summed E-state index contributed by atoms with van der Waals surface area (Å²) in [6.07, 6.45) is 4.39. The minimum atomic E-state index is -0.612. The van der Waals surface area contributed by atoms with Crippen LogP contribution in [0.1, 0.15) is 57.0 Å². The highest BCUT2D eigenvalue weighted by atomic mass is 16.5. The Morgan fingerprint density at radius 2 is 1.74 bits per heavy atom. The molecule has 0 radical (unpaired) electrons. The molecule has 9 nitrogen and oxygen atoms in total. The number of piperidine rings is 1. The Labute approximate surface area is 223 Å². The van der Waals surface area contributed by atoms with Crippen LogP contribution in [-0.2, 0) is 11.3 Å². The maximum absolute atomic E-state index is 10.4. The van der Waals surface area contributed by atoms with E-state index in [0.717, 1.165) is 85.4 Å². The molecule has 2 aliphatic heterocycles. The van der Waals surface area contributed by atoms with Crippen LogP contribution in [-0.4, -0.2) is 79.1 Å². The highest BCUT2D eigenvalue weighted by Crippen LogP contribution is 2.42. The number of nitrogens with zero attached hydrogens (tertiary/aromatic N) is 7. The molecule has 1 aromatic carbocycles. The van der Waals surface area contributed by atoms with E-state index in [1.807, 2.05) is 18.4 Å². The lowest BCUT2D eigenvalue weighted by molar-refractivity contribution is -0.0137. The molecule has 5 heterocycles. The largest absolute Gasteiger partial charge is 0.390 e. The fourth-order valence-electron chi connectivity index (χ4n) is 6.13. The van der Waals surface area contributed by atoms with Crippen LogP contribution in [0.4, 0.5) is 5.82 Å². The van der Waals surface area contributed by atoms with E-state index in [2.05, 4.69) is 50.8 Å². The number of aliphatic hydroxyl groups is 1. The molecule has 3 aromatic heterocycles. The summed E-state index contributed by atoms with van der Waals surface area (Å²) in [7, 11) is 0. The van der Waals surface area contributed by atoms with Gasteiger partial charge in [-0.2, -0.15) is 9.61 Å². The van der Waals surface area contributed by atoms with Gasteiger partial charge in [0.2, 0.25) is 0 Å². The van der Waals surface area contributed by atoms with Gasteiger partial charge in [0, 0.05) is 37.7 Å². The Bertz CT molecular complexity index is 1450. The number of aromatic nitrogens is 5. The topological polar surface area (TPSA) is 84.0 Å². The molecule has 0 atom stereocenters. The maximum atomic E-state index is 10.4. The first kappa shape index (κ1) is 24.1. The van der Waals surface area contributed by atoms with Crippen molar-refractivity contribution in [2.75, 3.05) is 44.3 Å². The van der Waals surface area contributed by atoms with E-state index in [1.54, 1.807) is 0 Å². The Balaban J connectivity index is 1.27. The number of para-hydroxylation sites is 2. The molecule has 0 unspecified atom stereocenters. The second-order valence-electron chi connectivity index (χ2n) is 11.8. The minimum Gasteiger partial charge on any atom is -0.390 e. The summed E-state index contributed by atoms with van der Waals surface area (Å²) in [6, 6.07) is 12.7. The molecule has 7 rings (SSSR count). The van der Waals surface area contributed by atoms with Crippen molar-refractivity contribution in [3.05, 3.63) is 47.9 Å². The van der Waals surface area contributed by atoms with Gasteiger partial charge in [0.05, 0.1) is 35.5 Å². The van der Waals surface area contributed by atoms with Crippen molar-refractivity contribution in [1.29, 1.82) is 0 Å². The molecule has 1 N–H and O–H groups in total. The molecule has 2 saturated heterocycles. The molecule has 38 heavy (non-hydrogen) atoms. The number of likely N-dealkylation sites (tertiary alicyclic amines) is 1. The number of fused-ring (bicyclic) bond motifs is 2. The van der Waals surface area contributed by atoms with E-state index in [-0.39, 0.29) is 0 Å². The van der Waals surface area contributed by atoms with Crippen molar-refractivity contribution in [3.8, 4) is 5.82 Å². The summed E-state index contributed by atoms with van der Waals surface area (Å²) in [5.41, 5.74) is 3.41. The van der Waals surface area contributed by atoms with Gasteiger partial charge in [0.1, 0.15) is 17.5 Å². The number of anilines is 1. The molecule has 3 aliphatic rings. The number of hydrogen-bond acceptors (Lipinski definition) is 7. The number of benzene rings is 1. The fourth-order valence-corrected chi connectivity index (χ4v) is 6.13. The van der Waals surface area contributed by atoms with E-state index < -0.39 is 5.60 Å². The minimum absolute atomic E-state index is 0.350. The Morgan fingerprint density at radius 1 is 0.974 bits per heavy atom. The lowest BCUT2D eigenvalue weighted by Gasteiger charge is -2.37. The Morgan fingerprint density at radius 3 is 2.47 bits per heavy atom. The van der Waals surface area contributed by atoms with Crippen molar-refractivity contribution in [1.82, 2.24) is 29.0 Å². The summed E-state index contributed by atoms with van der Waals surface area (Å²) in [4.78, 5) is 15.0. The molecule has 9 heteroatoms. The van der Waals surface area contributed by atoms with Gasteiger partial charge in [-0.25, -0.2) is 9.97 Å². The van der Waals surface area contributed by atoms with Crippen molar-refractivity contribution in [3.63, 3.8) is 0 Å². The average molecular weight is 516 g/mol. The highest BCUT2D eigenvalue weighted by molar-refractivity contribution is 5.78. The van der Waals surface area contributed by atoms with Crippen molar-refractivity contribution in [2.24, 2.45) is 5.92 Å². The zero-order valence-electron chi connectivity index (χ0n) is 22.4. The summed E-state index contributed by atoms with van der Waals surface area (Å²) < 4.78 is 9.95. The van der Waals surface area contributed by atoms with Gasteiger partial charge >= 0.3 is 0 Å². The molecule has 1 aliphatic carbocycles. The highest BCUT2D eigenvalue weighted by Gasteiger charge is 2.32. The van der Waals surface area contributed by atoms with E-state index in [1.165, 1.54) is 12.8 Å². The van der Waals surface area contributed by atoms with Crippen molar-refractivity contribution in [2.45, 2.75) is 57.6 Å². The summed E-state index contributed by atoms with van der Waals surface area (Å²) in [5.74, 6) is 3.93. The molecular weight excluding hydrogens is 478 g/mol. The van der Waals surface area contributed by atoms with E-state index >= 15 is 0 Å². The fraction of sp³-hybridized carbons (Fsp3) is 0.552. The average Bonchev–Trinajstić information content (AvgIpc) is 3.57. The van der Waals surface area contributed by atoms with Gasteiger partial charge in [0.25, 0.3) is 0 Å². The van der Waals surface area contributed by atoms with Gasteiger partial charge in [-0.1, -0.05) is 12.1 Å². The van der Waals surface area contributed by atoms with Gasteiger partial charge in [-0.15, -0.1) is 0 Å². The van der Waals surface area contributed by atoms with Crippen LogP contribution in [0.25, 0.3) is 22.5 Å². The SMILES string of the molecule is CC(C)(O)C1CCN(Cc2cc3nc(-n4c(C5CC5)nc5ccccc54)cc(N4CCOCC4)n3n2)CC1. The zero-order chi connectivity index (χ0) is 25.9. The van der Waals surface area contributed by atoms with Crippen LogP contribution in [0, 0.1) is 5.92 Å². The quantitative estimate of drug-likeness (QED) is 0.419. The third-order valence-corrected chi connectivity index (χ3v) is 8.51. The van der Waals surface area contributed by atoms with Crippen molar-refractivity contribution >= 4 is 22.5 Å². The van der Waals surface area contributed by atoms with E-state index in [4.69, 9.17) is 19.8 Å². The summed E-state index contributed by atoms with van der Waals surface area (Å²) in [5, 5.41) is 15.5. The first-order valence-electron chi connectivity index (χ1n) is 14.1. The van der Waals surface area contributed by atoms with Gasteiger partial charge in [-0.05, 0) is 70.7 Å². The van der Waals surface area contributed by atoms with Crippen molar-refractivity contribution < 1.29 is 9.84 Å². The zero-order valence-corrected chi connectivity index (χ0v) is 22.4. The molecule has 0 spiro atoms. The Kier molecular flexibility index (Phi) is 5.90. The molecule has 0 bridgehead atoms. The summed E-state index contributed by atoms with van der Waals surface area (Å²) in [6.45, 7) is 9.70. The third-order valence-electron chi connectivity index (χ3n) is 8.51. The standard InChI is InChI=1S/C29H37N7O2/c1-29(2,37)21-9-11-33(12-10-21)19-22-17-26-31-25(18-27(36(26)32-22)34-13-15-38-16-14-34)35-24-6-4-3-5-23(24)30-28(35)20-7-8-20/h3-6,17-18,20-21,37H,7-16,19H2,1-2H3. The van der Waals surface area contributed by atoms with E-state index in [9.17, 15) is 5.11 Å². The lowest BCUT2D eigenvalue weighted by atomic mass is 9.83. The van der Waals surface area contributed by atoms with Gasteiger partial charge in [-0.3, -0.25) is 9.47 Å².